The fraction of sp³-hybridized carbons (Fsp3) is 0.667. The second-order valence-corrected chi connectivity index (χ2v) is 6.85. The number of carbonyl (C=O) groups is 1. The maximum atomic E-state index is 11.3. The van der Waals surface area contributed by atoms with E-state index in [2.05, 4.69) is 6.92 Å². The number of hydrogen-bond acceptors (Lipinski definition) is 2. The number of benzene rings is 1. The van der Waals surface area contributed by atoms with Crippen molar-refractivity contribution < 1.29 is 9.53 Å². The molecule has 0 unspecified atom stereocenters. The fourth-order valence-corrected chi connectivity index (χ4v) is 3.04. The monoisotopic (exact) mass is 352 g/mol. The van der Waals surface area contributed by atoms with Crippen molar-refractivity contribution in [3.8, 4) is 5.75 Å². The van der Waals surface area contributed by atoms with Gasteiger partial charge in [-0.1, -0.05) is 89.7 Å². The highest BCUT2D eigenvalue weighted by molar-refractivity contribution is 6.68. The van der Waals surface area contributed by atoms with Crippen LogP contribution in [0, 0.1) is 0 Å². The molecule has 0 heterocycles. The topological polar surface area (TPSA) is 26.3 Å². The quantitative estimate of drug-likeness (QED) is 0.247. The Morgan fingerprint density at radius 3 is 1.88 bits per heavy atom. The van der Waals surface area contributed by atoms with Gasteiger partial charge in [0.2, 0.25) is 0 Å². The summed E-state index contributed by atoms with van der Waals surface area (Å²) in [4.78, 5) is 11.3. The highest BCUT2D eigenvalue weighted by atomic mass is 35.5. The van der Waals surface area contributed by atoms with Crippen LogP contribution < -0.4 is 4.74 Å². The molecule has 0 aliphatic rings. The lowest BCUT2D eigenvalue weighted by Crippen LogP contribution is -2.01. The molecule has 0 atom stereocenters. The third kappa shape index (κ3) is 9.97. The SMILES string of the molecule is CCCCCCCCCCCCCCOc1ccccc1C(=O)Cl. The zero-order valence-corrected chi connectivity index (χ0v) is 16.0. The summed E-state index contributed by atoms with van der Waals surface area (Å²) in [6, 6.07) is 7.16. The Labute approximate surface area is 152 Å². The number of hydrogen-bond donors (Lipinski definition) is 0. The first-order valence-corrected chi connectivity index (χ1v) is 10.0. The number of unbranched alkanes of at least 4 members (excludes halogenated alkanes) is 11. The second-order valence-electron chi connectivity index (χ2n) is 6.51. The van der Waals surface area contributed by atoms with Crippen molar-refractivity contribution in [2.24, 2.45) is 0 Å². The van der Waals surface area contributed by atoms with Gasteiger partial charge in [-0.2, -0.15) is 0 Å². The molecule has 0 spiro atoms. The Kier molecular flexibility index (Phi) is 12.6. The van der Waals surface area contributed by atoms with E-state index in [4.69, 9.17) is 16.3 Å². The molecule has 0 N–H and O–H groups in total. The molecule has 0 aliphatic carbocycles. The van der Waals surface area contributed by atoms with Crippen molar-refractivity contribution in [1.82, 2.24) is 0 Å². The minimum atomic E-state index is -0.458. The molecule has 3 heteroatoms. The van der Waals surface area contributed by atoms with Gasteiger partial charge in [-0.15, -0.1) is 0 Å². The van der Waals surface area contributed by atoms with Crippen molar-refractivity contribution in [3.05, 3.63) is 29.8 Å². The van der Waals surface area contributed by atoms with Crippen LogP contribution in [0.3, 0.4) is 0 Å². The third-order valence-corrected chi connectivity index (χ3v) is 4.56. The van der Waals surface area contributed by atoms with Crippen molar-refractivity contribution in [2.75, 3.05) is 6.61 Å². The zero-order chi connectivity index (χ0) is 17.5. The molecule has 0 aromatic heterocycles. The van der Waals surface area contributed by atoms with E-state index >= 15 is 0 Å². The molecule has 0 radical (unpaired) electrons. The molecule has 0 saturated heterocycles. The normalized spacial score (nSPS) is 10.8. The maximum absolute atomic E-state index is 11.3. The Balaban J connectivity index is 1.93. The molecular formula is C21H33ClO2. The van der Waals surface area contributed by atoms with Crippen molar-refractivity contribution in [2.45, 2.75) is 84.0 Å². The molecule has 2 nitrogen and oxygen atoms in total. The lowest BCUT2D eigenvalue weighted by Gasteiger charge is -2.08. The fourth-order valence-electron chi connectivity index (χ4n) is 2.88. The molecule has 0 bridgehead atoms. The number of halogens is 1. The Bertz CT molecular complexity index is 445. The van der Waals surface area contributed by atoms with Crippen LogP contribution in [0.15, 0.2) is 24.3 Å². The zero-order valence-electron chi connectivity index (χ0n) is 15.2. The van der Waals surface area contributed by atoms with E-state index in [1.807, 2.05) is 6.07 Å². The van der Waals surface area contributed by atoms with Crippen molar-refractivity contribution in [1.29, 1.82) is 0 Å². The summed E-state index contributed by atoms with van der Waals surface area (Å²) in [7, 11) is 0. The summed E-state index contributed by atoms with van der Waals surface area (Å²) in [6.07, 6.45) is 15.9. The minimum Gasteiger partial charge on any atom is -0.493 e. The smallest absolute Gasteiger partial charge is 0.256 e. The van der Waals surface area contributed by atoms with E-state index in [9.17, 15) is 4.79 Å². The molecule has 24 heavy (non-hydrogen) atoms. The molecule has 1 aromatic rings. The van der Waals surface area contributed by atoms with E-state index in [1.54, 1.807) is 18.2 Å². The van der Waals surface area contributed by atoms with Crippen LogP contribution in [0.25, 0.3) is 0 Å². The summed E-state index contributed by atoms with van der Waals surface area (Å²) in [6.45, 7) is 2.92. The van der Waals surface area contributed by atoms with Crippen LogP contribution in [0.5, 0.6) is 5.75 Å². The van der Waals surface area contributed by atoms with Crippen molar-refractivity contribution >= 4 is 16.8 Å². The van der Waals surface area contributed by atoms with Crippen molar-refractivity contribution in [3.63, 3.8) is 0 Å². The first kappa shape index (κ1) is 21.0. The molecule has 1 rings (SSSR count). The van der Waals surface area contributed by atoms with Gasteiger partial charge in [-0.25, -0.2) is 0 Å². The lowest BCUT2D eigenvalue weighted by molar-refractivity contribution is 0.107. The van der Waals surface area contributed by atoms with Crippen LogP contribution >= 0.6 is 11.6 Å². The molecular weight excluding hydrogens is 320 g/mol. The second kappa shape index (κ2) is 14.3. The van der Waals surface area contributed by atoms with Gasteiger partial charge in [0.15, 0.2) is 0 Å². The highest BCUT2D eigenvalue weighted by Crippen LogP contribution is 2.20. The van der Waals surface area contributed by atoms with Gasteiger partial charge in [-0.05, 0) is 30.2 Å². The Morgan fingerprint density at radius 1 is 0.833 bits per heavy atom. The standard InChI is InChI=1S/C21H33ClO2/c1-2-3-4-5-6-7-8-9-10-11-12-15-18-24-20-17-14-13-16-19(20)21(22)23/h13-14,16-17H,2-12,15,18H2,1H3. The van der Waals surface area contributed by atoms with E-state index in [0.717, 1.165) is 6.42 Å². The van der Waals surface area contributed by atoms with Crippen LogP contribution in [0.4, 0.5) is 0 Å². The minimum absolute atomic E-state index is 0.457. The number of ether oxygens (including phenoxy) is 1. The van der Waals surface area contributed by atoms with E-state index in [1.165, 1.54) is 70.6 Å². The van der Waals surface area contributed by atoms with Gasteiger partial charge >= 0.3 is 0 Å². The number of para-hydroxylation sites is 1. The number of rotatable bonds is 15. The third-order valence-electron chi connectivity index (χ3n) is 4.35. The molecule has 0 saturated carbocycles. The summed E-state index contributed by atoms with van der Waals surface area (Å²) < 4.78 is 5.69. The highest BCUT2D eigenvalue weighted by Gasteiger charge is 2.08. The Hall–Kier alpha value is -1.02. The largest absolute Gasteiger partial charge is 0.493 e. The average Bonchev–Trinajstić information content (AvgIpc) is 2.59. The number of carbonyl (C=O) groups excluding carboxylic acids is 1. The van der Waals surface area contributed by atoms with Crippen LogP contribution in [0.1, 0.15) is 94.3 Å². The average molecular weight is 353 g/mol. The van der Waals surface area contributed by atoms with Gasteiger partial charge < -0.3 is 4.74 Å². The van der Waals surface area contributed by atoms with Gasteiger partial charge in [0.05, 0.1) is 12.2 Å². The van der Waals surface area contributed by atoms with Crippen LogP contribution in [-0.2, 0) is 0 Å². The van der Waals surface area contributed by atoms with Crippen LogP contribution in [-0.4, -0.2) is 11.8 Å². The van der Waals surface area contributed by atoms with Gasteiger partial charge in [0.1, 0.15) is 5.75 Å². The maximum Gasteiger partial charge on any atom is 0.256 e. The van der Waals surface area contributed by atoms with E-state index in [0.29, 0.717) is 17.9 Å². The molecule has 136 valence electrons. The molecule has 0 aliphatic heterocycles. The summed E-state index contributed by atoms with van der Waals surface area (Å²) in [5.74, 6) is 0.598. The van der Waals surface area contributed by atoms with Gasteiger partial charge in [-0.3, -0.25) is 4.79 Å². The lowest BCUT2D eigenvalue weighted by atomic mass is 10.1. The summed E-state index contributed by atoms with van der Waals surface area (Å²) in [5, 5.41) is -0.458. The van der Waals surface area contributed by atoms with Crippen LogP contribution in [0.2, 0.25) is 0 Å². The predicted octanol–water partition coefficient (Wildman–Crippen LogP) is 7.15. The molecule has 1 aromatic carbocycles. The Morgan fingerprint density at radius 2 is 1.33 bits per heavy atom. The summed E-state index contributed by atoms with van der Waals surface area (Å²) in [5.41, 5.74) is 0.457. The predicted molar refractivity (Wildman–Crippen MR) is 103 cm³/mol. The van der Waals surface area contributed by atoms with Gasteiger partial charge in [0.25, 0.3) is 5.24 Å². The first-order valence-electron chi connectivity index (χ1n) is 9.67. The van der Waals surface area contributed by atoms with E-state index in [-0.39, 0.29) is 0 Å². The van der Waals surface area contributed by atoms with Gasteiger partial charge in [0, 0.05) is 0 Å². The summed E-state index contributed by atoms with van der Waals surface area (Å²) >= 11 is 5.55. The molecule has 0 amide bonds. The van der Waals surface area contributed by atoms with E-state index < -0.39 is 5.24 Å². The molecule has 0 fully saturated rings. The first-order chi connectivity index (χ1) is 11.8.